The Morgan fingerprint density at radius 1 is 0.880 bits per heavy atom. The van der Waals surface area contributed by atoms with E-state index in [-0.39, 0.29) is 12.5 Å². The van der Waals surface area contributed by atoms with Gasteiger partial charge in [0.05, 0.1) is 6.61 Å². The third kappa shape index (κ3) is 4.68. The lowest BCUT2D eigenvalue weighted by Crippen LogP contribution is -2.11. The summed E-state index contributed by atoms with van der Waals surface area (Å²) in [6, 6.07) is 24.0. The van der Waals surface area contributed by atoms with Gasteiger partial charge in [-0.25, -0.2) is 0 Å². The van der Waals surface area contributed by atoms with Crippen LogP contribution in [0, 0.1) is 0 Å². The van der Waals surface area contributed by atoms with E-state index in [0.29, 0.717) is 23.6 Å². The topological polar surface area (TPSA) is 58.6 Å². The standard InChI is InChI=1S/C21H19NO3/c23-14-16-9-11-17(12-10-16)15-25-20-8-4-7-19(13-20)22-21(24)18-5-2-1-3-6-18/h1-13,23H,14-15H2,(H,22,24). The molecule has 0 heterocycles. The summed E-state index contributed by atoms with van der Waals surface area (Å²) in [6.07, 6.45) is 0. The molecule has 0 unspecified atom stereocenters. The molecule has 0 saturated carbocycles. The van der Waals surface area contributed by atoms with E-state index in [9.17, 15) is 4.79 Å². The van der Waals surface area contributed by atoms with E-state index < -0.39 is 0 Å². The van der Waals surface area contributed by atoms with E-state index in [1.165, 1.54) is 0 Å². The maximum atomic E-state index is 12.2. The number of aliphatic hydroxyl groups excluding tert-OH is 1. The molecule has 1 amide bonds. The molecule has 0 aliphatic heterocycles. The fraction of sp³-hybridized carbons (Fsp3) is 0.0952. The van der Waals surface area contributed by atoms with Crippen LogP contribution in [0.1, 0.15) is 21.5 Å². The maximum absolute atomic E-state index is 12.2. The summed E-state index contributed by atoms with van der Waals surface area (Å²) in [5.74, 6) is 0.523. The number of ether oxygens (including phenoxy) is 1. The predicted molar refractivity (Wildman–Crippen MR) is 97.5 cm³/mol. The maximum Gasteiger partial charge on any atom is 0.255 e. The first kappa shape index (κ1) is 16.7. The number of aliphatic hydroxyl groups is 1. The molecule has 0 spiro atoms. The number of anilines is 1. The molecule has 3 rings (SSSR count). The minimum atomic E-state index is -0.155. The molecule has 2 N–H and O–H groups in total. The first-order valence-corrected chi connectivity index (χ1v) is 8.02. The van der Waals surface area contributed by atoms with Gasteiger partial charge in [-0.3, -0.25) is 4.79 Å². The van der Waals surface area contributed by atoms with Gasteiger partial charge in [-0.05, 0) is 35.4 Å². The molecule has 4 nitrogen and oxygen atoms in total. The Bertz CT molecular complexity index is 829. The van der Waals surface area contributed by atoms with Crippen molar-refractivity contribution in [2.45, 2.75) is 13.2 Å². The van der Waals surface area contributed by atoms with Gasteiger partial charge in [0.1, 0.15) is 12.4 Å². The van der Waals surface area contributed by atoms with Crippen LogP contribution in [-0.2, 0) is 13.2 Å². The van der Waals surface area contributed by atoms with Gasteiger partial charge in [-0.1, -0.05) is 48.5 Å². The van der Waals surface area contributed by atoms with Gasteiger partial charge in [0, 0.05) is 17.3 Å². The number of carbonyl (C=O) groups is 1. The summed E-state index contributed by atoms with van der Waals surface area (Å²) >= 11 is 0. The van der Waals surface area contributed by atoms with Gasteiger partial charge in [0.2, 0.25) is 0 Å². The summed E-state index contributed by atoms with van der Waals surface area (Å²) in [5, 5.41) is 11.9. The third-order valence-electron chi connectivity index (χ3n) is 3.74. The zero-order valence-corrected chi connectivity index (χ0v) is 13.7. The molecule has 0 atom stereocenters. The Morgan fingerprint density at radius 3 is 2.32 bits per heavy atom. The molecule has 0 aliphatic rings. The van der Waals surface area contributed by atoms with Crippen molar-refractivity contribution in [2.24, 2.45) is 0 Å². The summed E-state index contributed by atoms with van der Waals surface area (Å²) in [5.41, 5.74) is 3.17. The van der Waals surface area contributed by atoms with Crippen LogP contribution in [0.15, 0.2) is 78.9 Å². The minimum absolute atomic E-state index is 0.0320. The van der Waals surface area contributed by atoms with Gasteiger partial charge in [0.25, 0.3) is 5.91 Å². The zero-order chi connectivity index (χ0) is 17.5. The Hall–Kier alpha value is -3.11. The first-order chi connectivity index (χ1) is 12.2. The number of amides is 1. The van der Waals surface area contributed by atoms with Crippen molar-refractivity contribution in [3.8, 4) is 5.75 Å². The largest absolute Gasteiger partial charge is 0.489 e. The van der Waals surface area contributed by atoms with Crippen LogP contribution in [0.2, 0.25) is 0 Å². The molecule has 0 radical (unpaired) electrons. The molecular formula is C21H19NO3. The number of carbonyl (C=O) groups excluding carboxylic acids is 1. The monoisotopic (exact) mass is 333 g/mol. The molecule has 0 bridgehead atoms. The molecule has 126 valence electrons. The van der Waals surface area contributed by atoms with Gasteiger partial charge >= 0.3 is 0 Å². The quantitative estimate of drug-likeness (QED) is 0.716. The van der Waals surface area contributed by atoms with Crippen LogP contribution < -0.4 is 10.1 Å². The van der Waals surface area contributed by atoms with Crippen molar-refractivity contribution in [2.75, 3.05) is 5.32 Å². The fourth-order valence-corrected chi connectivity index (χ4v) is 2.36. The van der Waals surface area contributed by atoms with Crippen LogP contribution in [-0.4, -0.2) is 11.0 Å². The van der Waals surface area contributed by atoms with E-state index in [1.54, 1.807) is 18.2 Å². The molecule has 0 aromatic heterocycles. The lowest BCUT2D eigenvalue weighted by atomic mass is 10.1. The molecule has 3 aromatic rings. The molecule has 0 saturated heterocycles. The molecule has 0 aliphatic carbocycles. The zero-order valence-electron chi connectivity index (χ0n) is 13.7. The highest BCUT2D eigenvalue weighted by Gasteiger charge is 2.06. The molecule has 3 aromatic carbocycles. The highest BCUT2D eigenvalue weighted by Crippen LogP contribution is 2.19. The van der Waals surface area contributed by atoms with Crippen molar-refractivity contribution in [3.63, 3.8) is 0 Å². The average Bonchev–Trinajstić information content (AvgIpc) is 2.68. The van der Waals surface area contributed by atoms with Crippen LogP contribution in [0.4, 0.5) is 5.69 Å². The fourth-order valence-electron chi connectivity index (χ4n) is 2.36. The van der Waals surface area contributed by atoms with Gasteiger partial charge in [-0.2, -0.15) is 0 Å². The van der Waals surface area contributed by atoms with Crippen molar-refractivity contribution in [1.29, 1.82) is 0 Å². The molecule has 4 heteroatoms. The van der Waals surface area contributed by atoms with Crippen LogP contribution in [0.25, 0.3) is 0 Å². The van der Waals surface area contributed by atoms with E-state index in [1.807, 2.05) is 60.7 Å². The number of nitrogens with one attached hydrogen (secondary N) is 1. The Kier molecular flexibility index (Phi) is 5.44. The Labute approximate surface area is 146 Å². The summed E-state index contributed by atoms with van der Waals surface area (Å²) in [6.45, 7) is 0.450. The second kappa shape index (κ2) is 8.13. The van der Waals surface area contributed by atoms with Crippen molar-refractivity contribution in [1.82, 2.24) is 0 Å². The summed E-state index contributed by atoms with van der Waals surface area (Å²) in [4.78, 5) is 12.2. The highest BCUT2D eigenvalue weighted by molar-refractivity contribution is 6.04. The van der Waals surface area contributed by atoms with E-state index >= 15 is 0 Å². The smallest absolute Gasteiger partial charge is 0.255 e. The van der Waals surface area contributed by atoms with Crippen LogP contribution in [0.3, 0.4) is 0 Å². The van der Waals surface area contributed by atoms with Gasteiger partial charge in [0.15, 0.2) is 0 Å². The second-order valence-electron chi connectivity index (χ2n) is 5.61. The number of hydrogen-bond acceptors (Lipinski definition) is 3. The van der Waals surface area contributed by atoms with E-state index in [2.05, 4.69) is 5.32 Å². The first-order valence-electron chi connectivity index (χ1n) is 8.02. The average molecular weight is 333 g/mol. The van der Waals surface area contributed by atoms with Gasteiger partial charge in [-0.15, -0.1) is 0 Å². The lowest BCUT2D eigenvalue weighted by Gasteiger charge is -2.10. The minimum Gasteiger partial charge on any atom is -0.489 e. The molecule has 25 heavy (non-hydrogen) atoms. The Balaban J connectivity index is 1.62. The number of hydrogen-bond donors (Lipinski definition) is 2. The van der Waals surface area contributed by atoms with E-state index in [4.69, 9.17) is 9.84 Å². The van der Waals surface area contributed by atoms with Crippen LogP contribution >= 0.6 is 0 Å². The molecule has 0 fully saturated rings. The van der Waals surface area contributed by atoms with Gasteiger partial charge < -0.3 is 15.2 Å². The summed E-state index contributed by atoms with van der Waals surface area (Å²) < 4.78 is 5.78. The number of benzene rings is 3. The normalized spacial score (nSPS) is 10.3. The van der Waals surface area contributed by atoms with Crippen molar-refractivity contribution >= 4 is 11.6 Å². The second-order valence-corrected chi connectivity index (χ2v) is 5.61. The van der Waals surface area contributed by atoms with Crippen molar-refractivity contribution in [3.05, 3.63) is 95.6 Å². The number of rotatable bonds is 6. The highest BCUT2D eigenvalue weighted by atomic mass is 16.5. The lowest BCUT2D eigenvalue weighted by molar-refractivity contribution is 0.102. The molecular weight excluding hydrogens is 314 g/mol. The Morgan fingerprint density at radius 2 is 1.60 bits per heavy atom. The predicted octanol–water partition coefficient (Wildman–Crippen LogP) is 4.01. The third-order valence-corrected chi connectivity index (χ3v) is 3.74. The SMILES string of the molecule is O=C(Nc1cccc(OCc2ccc(CO)cc2)c1)c1ccccc1. The van der Waals surface area contributed by atoms with Crippen molar-refractivity contribution < 1.29 is 14.6 Å². The van der Waals surface area contributed by atoms with Crippen LogP contribution in [0.5, 0.6) is 5.75 Å². The summed E-state index contributed by atoms with van der Waals surface area (Å²) in [7, 11) is 0. The van der Waals surface area contributed by atoms with E-state index in [0.717, 1.165) is 11.1 Å².